The Morgan fingerprint density at radius 1 is 1.13 bits per heavy atom. The van der Waals surface area contributed by atoms with E-state index in [0.29, 0.717) is 11.3 Å². The van der Waals surface area contributed by atoms with Crippen LogP contribution in [0.2, 0.25) is 0 Å². The lowest BCUT2D eigenvalue weighted by atomic mass is 10.1. The first-order valence-corrected chi connectivity index (χ1v) is 7.78. The van der Waals surface area contributed by atoms with E-state index in [1.165, 1.54) is 13.0 Å². The third kappa shape index (κ3) is 4.63. The predicted octanol–water partition coefficient (Wildman–Crippen LogP) is 4.29. The van der Waals surface area contributed by atoms with Crippen LogP contribution in [0.15, 0.2) is 47.4 Å². The maximum atomic E-state index is 13.6. The van der Waals surface area contributed by atoms with Crippen molar-refractivity contribution in [2.45, 2.75) is 24.0 Å². The Bertz CT molecular complexity index is 749. The first-order chi connectivity index (χ1) is 10.9. The van der Waals surface area contributed by atoms with Gasteiger partial charge in [0, 0.05) is 22.2 Å². The summed E-state index contributed by atoms with van der Waals surface area (Å²) < 4.78 is 26.5. The zero-order valence-electron chi connectivity index (χ0n) is 12.6. The molecule has 0 aliphatic heterocycles. The van der Waals surface area contributed by atoms with Crippen LogP contribution in [0.5, 0.6) is 0 Å². The molecule has 2 rings (SSSR count). The minimum absolute atomic E-state index is 0.100. The van der Waals surface area contributed by atoms with Crippen LogP contribution in [0.25, 0.3) is 0 Å². The number of anilines is 1. The fourth-order valence-corrected chi connectivity index (χ4v) is 2.74. The number of ketones is 1. The van der Waals surface area contributed by atoms with Gasteiger partial charge in [-0.2, -0.15) is 0 Å². The molecule has 120 valence electrons. The van der Waals surface area contributed by atoms with Crippen molar-refractivity contribution in [3.8, 4) is 0 Å². The lowest BCUT2D eigenvalue weighted by molar-refractivity contribution is -0.115. The molecule has 0 spiro atoms. The summed E-state index contributed by atoms with van der Waals surface area (Å²) in [5.74, 6) is -1.80. The lowest BCUT2D eigenvalue weighted by Crippen LogP contribution is -2.22. The third-order valence-electron chi connectivity index (χ3n) is 3.10. The van der Waals surface area contributed by atoms with Gasteiger partial charge in [-0.15, -0.1) is 11.8 Å². The van der Waals surface area contributed by atoms with E-state index in [1.807, 2.05) is 0 Å². The first-order valence-electron chi connectivity index (χ1n) is 6.90. The zero-order valence-corrected chi connectivity index (χ0v) is 13.4. The Balaban J connectivity index is 2.05. The highest BCUT2D eigenvalue weighted by Gasteiger charge is 2.17. The van der Waals surface area contributed by atoms with E-state index < -0.39 is 16.9 Å². The molecular formula is C17H15F2NO2S. The standard InChI is InChI=1S/C17H15F2NO2S/c1-10(21)12-4-3-5-14(8-12)20-17(22)11(2)23-16-7-6-13(18)9-15(16)19/h3-9,11H,1-2H3,(H,20,22)/t11-/m0/s1. The molecule has 3 nitrogen and oxygen atoms in total. The molecule has 1 atom stereocenters. The van der Waals surface area contributed by atoms with Crippen LogP contribution < -0.4 is 5.32 Å². The van der Waals surface area contributed by atoms with Crippen molar-refractivity contribution in [2.24, 2.45) is 0 Å². The quantitative estimate of drug-likeness (QED) is 0.655. The van der Waals surface area contributed by atoms with Crippen LogP contribution in [0.1, 0.15) is 24.2 Å². The maximum absolute atomic E-state index is 13.6. The van der Waals surface area contributed by atoms with E-state index >= 15 is 0 Å². The van der Waals surface area contributed by atoms with Crippen molar-refractivity contribution >= 4 is 29.1 Å². The summed E-state index contributed by atoms with van der Waals surface area (Å²) in [5.41, 5.74) is 0.988. The highest BCUT2D eigenvalue weighted by atomic mass is 32.2. The molecule has 0 radical (unpaired) electrons. The van der Waals surface area contributed by atoms with Crippen LogP contribution in [-0.4, -0.2) is 16.9 Å². The van der Waals surface area contributed by atoms with E-state index in [1.54, 1.807) is 31.2 Å². The maximum Gasteiger partial charge on any atom is 0.237 e. The van der Waals surface area contributed by atoms with Crippen molar-refractivity contribution in [1.82, 2.24) is 0 Å². The number of halogens is 2. The van der Waals surface area contributed by atoms with Gasteiger partial charge in [0.05, 0.1) is 5.25 Å². The fraction of sp³-hybridized carbons (Fsp3) is 0.176. The Morgan fingerprint density at radius 3 is 2.52 bits per heavy atom. The summed E-state index contributed by atoms with van der Waals surface area (Å²) >= 11 is 0.996. The molecule has 1 amide bonds. The summed E-state index contributed by atoms with van der Waals surface area (Å²) in [7, 11) is 0. The zero-order chi connectivity index (χ0) is 17.0. The third-order valence-corrected chi connectivity index (χ3v) is 4.26. The molecular weight excluding hydrogens is 320 g/mol. The van der Waals surface area contributed by atoms with Gasteiger partial charge in [-0.1, -0.05) is 12.1 Å². The minimum atomic E-state index is -0.701. The minimum Gasteiger partial charge on any atom is -0.325 e. The molecule has 0 fully saturated rings. The molecule has 0 aromatic heterocycles. The van der Waals surface area contributed by atoms with E-state index in [2.05, 4.69) is 5.32 Å². The molecule has 0 saturated heterocycles. The van der Waals surface area contributed by atoms with Crippen LogP contribution in [0.4, 0.5) is 14.5 Å². The van der Waals surface area contributed by atoms with Gasteiger partial charge in [-0.05, 0) is 38.1 Å². The molecule has 2 aromatic rings. The molecule has 0 bridgehead atoms. The molecule has 0 unspecified atom stereocenters. The normalized spacial score (nSPS) is 11.8. The number of carbonyl (C=O) groups is 2. The second-order valence-electron chi connectivity index (χ2n) is 4.96. The van der Waals surface area contributed by atoms with Crippen LogP contribution in [0.3, 0.4) is 0 Å². The number of carbonyl (C=O) groups excluding carboxylic acids is 2. The Morgan fingerprint density at radius 2 is 1.87 bits per heavy atom. The average molecular weight is 335 g/mol. The molecule has 6 heteroatoms. The predicted molar refractivity (Wildman–Crippen MR) is 86.8 cm³/mol. The van der Waals surface area contributed by atoms with Gasteiger partial charge in [0.15, 0.2) is 5.78 Å². The SMILES string of the molecule is CC(=O)c1cccc(NC(=O)[C@H](C)Sc2ccc(F)cc2F)c1. The van der Waals surface area contributed by atoms with E-state index in [9.17, 15) is 18.4 Å². The van der Waals surface area contributed by atoms with E-state index in [-0.39, 0.29) is 16.6 Å². The van der Waals surface area contributed by atoms with Crippen molar-refractivity contribution in [1.29, 1.82) is 0 Å². The van der Waals surface area contributed by atoms with E-state index in [4.69, 9.17) is 0 Å². The van der Waals surface area contributed by atoms with Crippen molar-refractivity contribution < 1.29 is 18.4 Å². The highest BCUT2D eigenvalue weighted by Crippen LogP contribution is 2.27. The molecule has 2 aromatic carbocycles. The number of hydrogen-bond donors (Lipinski definition) is 1. The Labute approximate surface area is 137 Å². The fourth-order valence-electron chi connectivity index (χ4n) is 1.87. The highest BCUT2D eigenvalue weighted by molar-refractivity contribution is 8.00. The number of nitrogens with one attached hydrogen (secondary N) is 1. The Hall–Kier alpha value is -2.21. The largest absolute Gasteiger partial charge is 0.325 e. The van der Waals surface area contributed by atoms with Crippen LogP contribution >= 0.6 is 11.8 Å². The molecule has 1 N–H and O–H groups in total. The molecule has 0 aliphatic carbocycles. The van der Waals surface area contributed by atoms with Gasteiger partial charge in [0.25, 0.3) is 0 Å². The molecule has 0 aliphatic rings. The number of rotatable bonds is 5. The number of Topliss-reactive ketones (excluding diaryl/α,β-unsaturated/α-hetero) is 1. The van der Waals surface area contributed by atoms with Gasteiger partial charge in [-0.25, -0.2) is 8.78 Å². The van der Waals surface area contributed by atoms with Crippen molar-refractivity contribution in [3.05, 3.63) is 59.7 Å². The van der Waals surface area contributed by atoms with Gasteiger partial charge in [0.1, 0.15) is 11.6 Å². The van der Waals surface area contributed by atoms with Crippen molar-refractivity contribution in [2.75, 3.05) is 5.32 Å². The summed E-state index contributed by atoms with van der Waals surface area (Å²) in [6.45, 7) is 3.06. The van der Waals surface area contributed by atoms with Crippen LogP contribution in [0, 0.1) is 11.6 Å². The number of thioether (sulfide) groups is 1. The molecule has 0 heterocycles. The average Bonchev–Trinajstić information content (AvgIpc) is 2.50. The van der Waals surface area contributed by atoms with Gasteiger partial charge >= 0.3 is 0 Å². The number of hydrogen-bond acceptors (Lipinski definition) is 3. The topological polar surface area (TPSA) is 46.2 Å². The lowest BCUT2D eigenvalue weighted by Gasteiger charge is -2.13. The van der Waals surface area contributed by atoms with Crippen molar-refractivity contribution in [3.63, 3.8) is 0 Å². The molecule has 0 saturated carbocycles. The van der Waals surface area contributed by atoms with Gasteiger partial charge < -0.3 is 5.32 Å². The first kappa shape index (κ1) is 17.1. The number of benzene rings is 2. The number of amides is 1. The summed E-state index contributed by atoms with van der Waals surface area (Å²) in [5, 5.41) is 2.09. The monoisotopic (exact) mass is 335 g/mol. The second-order valence-corrected chi connectivity index (χ2v) is 6.34. The summed E-state index contributed by atoms with van der Waals surface area (Å²) in [4.78, 5) is 23.7. The van der Waals surface area contributed by atoms with Crippen LogP contribution in [-0.2, 0) is 4.79 Å². The Kier molecular flexibility index (Phi) is 5.50. The molecule has 23 heavy (non-hydrogen) atoms. The summed E-state index contributed by atoms with van der Waals surface area (Å²) in [6.07, 6.45) is 0. The van der Waals surface area contributed by atoms with Gasteiger partial charge in [0.2, 0.25) is 5.91 Å². The van der Waals surface area contributed by atoms with Gasteiger partial charge in [-0.3, -0.25) is 9.59 Å². The van der Waals surface area contributed by atoms with E-state index in [0.717, 1.165) is 23.9 Å². The summed E-state index contributed by atoms with van der Waals surface area (Å²) in [6, 6.07) is 9.80. The smallest absolute Gasteiger partial charge is 0.237 e. The second kappa shape index (κ2) is 7.37.